The number of nitrogens with one attached hydrogen (secondary N) is 1. The Kier molecular flexibility index (Phi) is 5.53. The standard InChI is InChI=1S/C9H17NO/c1-4-5-6-10-8(2)7-9(3)11/h7,10H,4-6H2,1-3H3/b8-7-. The highest BCUT2D eigenvalue weighted by Crippen LogP contribution is 1.89. The molecule has 0 saturated heterocycles. The van der Waals surface area contributed by atoms with E-state index >= 15 is 0 Å². The minimum absolute atomic E-state index is 0.103. The van der Waals surface area contributed by atoms with E-state index < -0.39 is 0 Å². The first-order valence-electron chi connectivity index (χ1n) is 4.09. The topological polar surface area (TPSA) is 29.1 Å². The number of rotatable bonds is 5. The summed E-state index contributed by atoms with van der Waals surface area (Å²) in [7, 11) is 0. The highest BCUT2D eigenvalue weighted by molar-refractivity contribution is 5.87. The van der Waals surface area contributed by atoms with E-state index in [1.165, 1.54) is 6.42 Å². The van der Waals surface area contributed by atoms with Gasteiger partial charge in [-0.25, -0.2) is 0 Å². The second-order valence-electron chi connectivity index (χ2n) is 2.72. The lowest BCUT2D eigenvalue weighted by atomic mass is 10.3. The van der Waals surface area contributed by atoms with Gasteiger partial charge in [-0.2, -0.15) is 0 Å². The van der Waals surface area contributed by atoms with E-state index in [1.807, 2.05) is 6.92 Å². The molecule has 2 heteroatoms. The highest BCUT2D eigenvalue weighted by atomic mass is 16.1. The van der Waals surface area contributed by atoms with Crippen LogP contribution in [0.4, 0.5) is 0 Å². The van der Waals surface area contributed by atoms with Gasteiger partial charge in [-0.1, -0.05) is 13.3 Å². The maximum atomic E-state index is 10.6. The maximum Gasteiger partial charge on any atom is 0.154 e. The molecule has 0 atom stereocenters. The summed E-state index contributed by atoms with van der Waals surface area (Å²) in [6, 6.07) is 0. The normalized spacial score (nSPS) is 11.4. The van der Waals surface area contributed by atoms with Crippen molar-refractivity contribution in [1.29, 1.82) is 0 Å². The van der Waals surface area contributed by atoms with Gasteiger partial charge in [-0.15, -0.1) is 0 Å². The van der Waals surface area contributed by atoms with Crippen LogP contribution in [0.15, 0.2) is 11.8 Å². The molecule has 64 valence electrons. The van der Waals surface area contributed by atoms with Gasteiger partial charge in [-0.05, 0) is 26.3 Å². The Morgan fingerprint density at radius 1 is 1.45 bits per heavy atom. The lowest BCUT2D eigenvalue weighted by Crippen LogP contribution is -2.13. The molecule has 0 aromatic carbocycles. The van der Waals surface area contributed by atoms with Gasteiger partial charge >= 0.3 is 0 Å². The van der Waals surface area contributed by atoms with E-state index in [4.69, 9.17) is 0 Å². The smallest absolute Gasteiger partial charge is 0.154 e. The van der Waals surface area contributed by atoms with Gasteiger partial charge in [0.15, 0.2) is 5.78 Å². The third-order valence-corrected chi connectivity index (χ3v) is 1.35. The Balaban J connectivity index is 3.51. The molecule has 0 aromatic heterocycles. The zero-order chi connectivity index (χ0) is 8.69. The van der Waals surface area contributed by atoms with Crippen LogP contribution < -0.4 is 5.32 Å². The molecule has 0 heterocycles. The summed E-state index contributed by atoms with van der Waals surface area (Å²) in [4.78, 5) is 10.6. The van der Waals surface area contributed by atoms with Crippen LogP contribution in [0.1, 0.15) is 33.6 Å². The highest BCUT2D eigenvalue weighted by Gasteiger charge is 1.89. The summed E-state index contributed by atoms with van der Waals surface area (Å²) in [6.07, 6.45) is 3.96. The Morgan fingerprint density at radius 2 is 2.09 bits per heavy atom. The van der Waals surface area contributed by atoms with Crippen LogP contribution in [0, 0.1) is 0 Å². The molecule has 11 heavy (non-hydrogen) atoms. The molecule has 1 N–H and O–H groups in total. The minimum atomic E-state index is 0.103. The molecule has 0 amide bonds. The summed E-state index contributed by atoms with van der Waals surface area (Å²) >= 11 is 0. The number of hydrogen-bond donors (Lipinski definition) is 1. The van der Waals surface area contributed by atoms with E-state index in [0.29, 0.717) is 0 Å². The van der Waals surface area contributed by atoms with Crippen LogP contribution in [-0.2, 0) is 4.79 Å². The Hall–Kier alpha value is -0.790. The van der Waals surface area contributed by atoms with Gasteiger partial charge in [0, 0.05) is 12.2 Å². The Bertz CT molecular complexity index is 150. The summed E-state index contributed by atoms with van der Waals surface area (Å²) in [5.41, 5.74) is 0.964. The van der Waals surface area contributed by atoms with Crippen molar-refractivity contribution in [3.05, 3.63) is 11.8 Å². The number of allylic oxidation sites excluding steroid dienone is 2. The molecule has 0 rings (SSSR count). The van der Waals surface area contributed by atoms with E-state index in [9.17, 15) is 4.79 Å². The van der Waals surface area contributed by atoms with Gasteiger partial charge in [-0.3, -0.25) is 4.79 Å². The van der Waals surface area contributed by atoms with Crippen molar-refractivity contribution in [2.45, 2.75) is 33.6 Å². The first kappa shape index (κ1) is 10.2. The van der Waals surface area contributed by atoms with Gasteiger partial charge < -0.3 is 5.32 Å². The first-order chi connectivity index (χ1) is 5.16. The molecule has 2 nitrogen and oxygen atoms in total. The zero-order valence-electron chi connectivity index (χ0n) is 7.61. The van der Waals surface area contributed by atoms with Crippen LogP contribution in [0.2, 0.25) is 0 Å². The van der Waals surface area contributed by atoms with Crippen molar-refractivity contribution in [2.75, 3.05) is 6.54 Å². The van der Waals surface area contributed by atoms with Crippen LogP contribution in [0.5, 0.6) is 0 Å². The van der Waals surface area contributed by atoms with Crippen LogP contribution in [0.25, 0.3) is 0 Å². The van der Waals surface area contributed by atoms with E-state index in [0.717, 1.165) is 18.7 Å². The molecule has 0 aliphatic carbocycles. The van der Waals surface area contributed by atoms with E-state index in [2.05, 4.69) is 12.2 Å². The first-order valence-corrected chi connectivity index (χ1v) is 4.09. The number of carbonyl (C=O) groups excluding carboxylic acids is 1. The quantitative estimate of drug-likeness (QED) is 0.485. The molecular formula is C9H17NO. The van der Waals surface area contributed by atoms with Gasteiger partial charge in [0.1, 0.15) is 0 Å². The molecule has 0 aliphatic rings. The fourth-order valence-corrected chi connectivity index (χ4v) is 0.818. The van der Waals surface area contributed by atoms with Crippen LogP contribution >= 0.6 is 0 Å². The molecule has 0 aliphatic heterocycles. The van der Waals surface area contributed by atoms with Crippen LogP contribution in [-0.4, -0.2) is 12.3 Å². The van der Waals surface area contributed by atoms with Crippen molar-refractivity contribution in [3.8, 4) is 0 Å². The summed E-state index contributed by atoms with van der Waals surface area (Å²) in [5, 5.41) is 3.16. The number of carbonyl (C=O) groups is 1. The fraction of sp³-hybridized carbons (Fsp3) is 0.667. The average Bonchev–Trinajstić information content (AvgIpc) is 1.86. The third kappa shape index (κ3) is 7.10. The summed E-state index contributed by atoms with van der Waals surface area (Å²) in [5.74, 6) is 0.103. The average molecular weight is 155 g/mol. The molecule has 0 unspecified atom stereocenters. The van der Waals surface area contributed by atoms with Crippen LogP contribution in [0.3, 0.4) is 0 Å². The van der Waals surface area contributed by atoms with Crippen molar-refractivity contribution in [1.82, 2.24) is 5.32 Å². The molecule has 0 saturated carbocycles. The SMILES string of the molecule is CCCCN/C(C)=C\C(C)=O. The molecule has 0 aromatic rings. The van der Waals surface area contributed by atoms with Gasteiger partial charge in [0.2, 0.25) is 0 Å². The van der Waals surface area contributed by atoms with E-state index in [1.54, 1.807) is 13.0 Å². The van der Waals surface area contributed by atoms with Crippen molar-refractivity contribution in [3.63, 3.8) is 0 Å². The van der Waals surface area contributed by atoms with Crippen molar-refractivity contribution < 1.29 is 4.79 Å². The van der Waals surface area contributed by atoms with Gasteiger partial charge in [0.25, 0.3) is 0 Å². The lowest BCUT2D eigenvalue weighted by Gasteiger charge is -2.03. The van der Waals surface area contributed by atoms with Crippen molar-refractivity contribution >= 4 is 5.78 Å². The number of unbranched alkanes of at least 4 members (excludes halogenated alkanes) is 1. The molecule has 0 fully saturated rings. The predicted octanol–water partition coefficient (Wildman–Crippen LogP) is 1.87. The number of hydrogen-bond acceptors (Lipinski definition) is 2. The predicted molar refractivity (Wildman–Crippen MR) is 47.3 cm³/mol. The second-order valence-corrected chi connectivity index (χ2v) is 2.72. The lowest BCUT2D eigenvalue weighted by molar-refractivity contribution is -0.112. The Morgan fingerprint density at radius 3 is 2.55 bits per heavy atom. The molecule has 0 spiro atoms. The maximum absolute atomic E-state index is 10.6. The third-order valence-electron chi connectivity index (χ3n) is 1.35. The fourth-order valence-electron chi connectivity index (χ4n) is 0.818. The van der Waals surface area contributed by atoms with E-state index in [-0.39, 0.29) is 5.78 Å². The monoisotopic (exact) mass is 155 g/mol. The largest absolute Gasteiger partial charge is 0.388 e. The summed E-state index contributed by atoms with van der Waals surface area (Å²) in [6.45, 7) is 6.58. The molecule has 0 bridgehead atoms. The second kappa shape index (κ2) is 5.96. The zero-order valence-corrected chi connectivity index (χ0v) is 7.61. The van der Waals surface area contributed by atoms with Crippen molar-refractivity contribution in [2.24, 2.45) is 0 Å². The summed E-state index contributed by atoms with van der Waals surface area (Å²) < 4.78 is 0. The van der Waals surface area contributed by atoms with Gasteiger partial charge in [0.05, 0.1) is 0 Å². The Labute approximate surface area is 68.7 Å². The molecular weight excluding hydrogens is 138 g/mol. The molecule has 0 radical (unpaired) electrons. The number of ketones is 1. The minimum Gasteiger partial charge on any atom is -0.388 e.